The number of rotatable bonds is 4. The molecule has 0 radical (unpaired) electrons. The molecule has 0 saturated carbocycles. The van der Waals surface area contributed by atoms with Crippen LogP contribution in [0.25, 0.3) is 10.4 Å². The van der Waals surface area contributed by atoms with Crippen LogP contribution in [0.3, 0.4) is 0 Å². The van der Waals surface area contributed by atoms with Crippen molar-refractivity contribution in [2.24, 2.45) is 0 Å². The van der Waals surface area contributed by atoms with Gasteiger partial charge in [-0.15, -0.1) is 11.3 Å². The van der Waals surface area contributed by atoms with Crippen LogP contribution in [0, 0.1) is 0 Å². The number of carbonyl (C=O) groups excluding carboxylic acids is 2. The SMILES string of the molecule is CC(=O)NCC1Cc2cc(-c3ccc(C(C)=O)s3)cc(Cl)c2O1. The summed E-state index contributed by atoms with van der Waals surface area (Å²) in [6, 6.07) is 7.67. The Hall–Kier alpha value is -1.85. The van der Waals surface area contributed by atoms with Gasteiger partial charge < -0.3 is 10.1 Å². The Labute approximate surface area is 143 Å². The van der Waals surface area contributed by atoms with Crippen LogP contribution < -0.4 is 10.1 Å². The maximum Gasteiger partial charge on any atom is 0.217 e. The fraction of sp³-hybridized carbons (Fsp3) is 0.294. The van der Waals surface area contributed by atoms with E-state index in [2.05, 4.69) is 5.32 Å². The normalized spacial score (nSPS) is 15.9. The van der Waals surface area contributed by atoms with Crippen molar-refractivity contribution in [2.75, 3.05) is 6.54 Å². The standard InChI is InChI=1S/C17H16ClNO3S/c1-9(20)15-3-4-16(23-15)11-5-12-6-13(8-19-10(2)21)22-17(12)14(18)7-11/h3-5,7,13H,6,8H2,1-2H3,(H,19,21). The Kier molecular flexibility index (Phi) is 4.41. The molecule has 1 aliphatic rings. The minimum Gasteiger partial charge on any atom is -0.486 e. The number of Topliss-reactive ketones (excluding diaryl/α,β-unsaturated/α-hetero) is 1. The number of thiophene rings is 1. The Balaban J connectivity index is 1.84. The van der Waals surface area contributed by atoms with Gasteiger partial charge in [-0.05, 0) is 36.8 Å². The summed E-state index contributed by atoms with van der Waals surface area (Å²) in [5.41, 5.74) is 2.01. The second-order valence-electron chi connectivity index (χ2n) is 5.55. The van der Waals surface area contributed by atoms with Crippen molar-refractivity contribution in [1.29, 1.82) is 0 Å². The third-order valence-corrected chi connectivity index (χ3v) is 5.18. The van der Waals surface area contributed by atoms with Gasteiger partial charge in [0.05, 0.1) is 16.4 Å². The first kappa shape index (κ1) is 16.0. The molecule has 2 heterocycles. The van der Waals surface area contributed by atoms with Crippen LogP contribution in [0.4, 0.5) is 0 Å². The molecular formula is C17H16ClNO3S. The lowest BCUT2D eigenvalue weighted by molar-refractivity contribution is -0.119. The number of hydrogen-bond acceptors (Lipinski definition) is 4. The van der Waals surface area contributed by atoms with Crippen molar-refractivity contribution >= 4 is 34.6 Å². The molecule has 1 N–H and O–H groups in total. The molecule has 1 unspecified atom stereocenters. The molecule has 3 rings (SSSR count). The maximum absolute atomic E-state index is 11.4. The minimum atomic E-state index is -0.0993. The van der Waals surface area contributed by atoms with Crippen molar-refractivity contribution in [2.45, 2.75) is 26.4 Å². The fourth-order valence-electron chi connectivity index (χ4n) is 2.58. The molecule has 120 valence electrons. The molecule has 1 atom stereocenters. The van der Waals surface area contributed by atoms with Crippen LogP contribution in [0.2, 0.25) is 5.02 Å². The molecule has 0 aliphatic carbocycles. The quantitative estimate of drug-likeness (QED) is 0.856. The highest BCUT2D eigenvalue weighted by atomic mass is 35.5. The first-order valence-corrected chi connectivity index (χ1v) is 8.48. The van der Waals surface area contributed by atoms with Gasteiger partial charge in [0.1, 0.15) is 11.9 Å². The highest BCUT2D eigenvalue weighted by Gasteiger charge is 2.26. The monoisotopic (exact) mass is 349 g/mol. The number of ether oxygens (including phenoxy) is 1. The molecule has 1 aromatic heterocycles. The van der Waals surface area contributed by atoms with Gasteiger partial charge in [-0.2, -0.15) is 0 Å². The van der Waals surface area contributed by atoms with Crippen LogP contribution in [-0.4, -0.2) is 24.3 Å². The smallest absolute Gasteiger partial charge is 0.217 e. The summed E-state index contributed by atoms with van der Waals surface area (Å²) >= 11 is 7.80. The third-order valence-electron chi connectivity index (χ3n) is 3.67. The van der Waals surface area contributed by atoms with E-state index in [0.717, 1.165) is 20.9 Å². The van der Waals surface area contributed by atoms with Gasteiger partial charge in [-0.25, -0.2) is 0 Å². The van der Waals surface area contributed by atoms with Gasteiger partial charge in [0, 0.05) is 23.8 Å². The molecule has 1 aliphatic heterocycles. The van der Waals surface area contributed by atoms with Crippen molar-refractivity contribution in [3.63, 3.8) is 0 Å². The summed E-state index contributed by atoms with van der Waals surface area (Å²) in [4.78, 5) is 24.2. The Morgan fingerprint density at radius 3 is 2.78 bits per heavy atom. The zero-order chi connectivity index (χ0) is 16.6. The number of carbonyl (C=O) groups is 2. The first-order chi connectivity index (χ1) is 10.9. The Morgan fingerprint density at radius 2 is 2.13 bits per heavy atom. The van der Waals surface area contributed by atoms with Gasteiger partial charge in [0.15, 0.2) is 5.78 Å². The largest absolute Gasteiger partial charge is 0.486 e. The molecule has 23 heavy (non-hydrogen) atoms. The van der Waals surface area contributed by atoms with Crippen LogP contribution in [0.1, 0.15) is 29.1 Å². The second kappa shape index (κ2) is 6.34. The number of nitrogens with one attached hydrogen (secondary N) is 1. The van der Waals surface area contributed by atoms with E-state index in [0.29, 0.717) is 23.7 Å². The average molecular weight is 350 g/mol. The van der Waals surface area contributed by atoms with E-state index in [1.54, 1.807) is 6.92 Å². The minimum absolute atomic E-state index is 0.0622. The predicted molar refractivity (Wildman–Crippen MR) is 91.6 cm³/mol. The van der Waals surface area contributed by atoms with Gasteiger partial charge in [0.25, 0.3) is 0 Å². The predicted octanol–water partition coefficient (Wildman–Crippen LogP) is 3.71. The number of ketones is 1. The highest BCUT2D eigenvalue weighted by Crippen LogP contribution is 2.41. The fourth-order valence-corrected chi connectivity index (χ4v) is 3.76. The summed E-state index contributed by atoms with van der Waals surface area (Å²) in [6.07, 6.45) is 0.603. The van der Waals surface area contributed by atoms with Gasteiger partial charge in [-0.3, -0.25) is 9.59 Å². The summed E-state index contributed by atoms with van der Waals surface area (Å²) in [5, 5.41) is 3.32. The van der Waals surface area contributed by atoms with E-state index in [-0.39, 0.29) is 17.8 Å². The van der Waals surface area contributed by atoms with Crippen LogP contribution in [0.15, 0.2) is 24.3 Å². The Morgan fingerprint density at radius 1 is 1.35 bits per heavy atom. The highest BCUT2D eigenvalue weighted by molar-refractivity contribution is 7.17. The zero-order valence-corrected chi connectivity index (χ0v) is 14.4. The van der Waals surface area contributed by atoms with E-state index in [4.69, 9.17) is 16.3 Å². The molecule has 1 aromatic carbocycles. The van der Waals surface area contributed by atoms with Gasteiger partial charge in [-0.1, -0.05) is 11.6 Å². The molecule has 1 amide bonds. The van der Waals surface area contributed by atoms with Crippen molar-refractivity contribution < 1.29 is 14.3 Å². The van der Waals surface area contributed by atoms with Gasteiger partial charge in [0.2, 0.25) is 5.91 Å². The van der Waals surface area contributed by atoms with Crippen LogP contribution in [-0.2, 0) is 11.2 Å². The van der Waals surface area contributed by atoms with E-state index >= 15 is 0 Å². The summed E-state index contributed by atoms with van der Waals surface area (Å²) in [7, 11) is 0. The maximum atomic E-state index is 11.4. The van der Waals surface area contributed by atoms with Crippen molar-refractivity contribution in [3.8, 4) is 16.2 Å². The molecular weight excluding hydrogens is 334 g/mol. The number of benzene rings is 1. The molecule has 0 spiro atoms. The average Bonchev–Trinajstić information content (AvgIpc) is 3.11. The molecule has 0 saturated heterocycles. The number of hydrogen-bond donors (Lipinski definition) is 1. The Bertz CT molecular complexity index is 784. The van der Waals surface area contributed by atoms with Crippen molar-refractivity contribution in [1.82, 2.24) is 5.32 Å². The second-order valence-corrected chi connectivity index (χ2v) is 7.04. The van der Waals surface area contributed by atoms with E-state index in [1.807, 2.05) is 24.3 Å². The molecule has 2 aromatic rings. The number of fused-ring (bicyclic) bond motifs is 1. The molecule has 0 bridgehead atoms. The number of halogens is 1. The molecule has 4 nitrogen and oxygen atoms in total. The molecule has 0 fully saturated rings. The summed E-state index contributed by atoms with van der Waals surface area (Å²) in [6.45, 7) is 3.51. The third kappa shape index (κ3) is 3.41. The molecule has 6 heteroatoms. The topological polar surface area (TPSA) is 55.4 Å². The van der Waals surface area contributed by atoms with Crippen molar-refractivity contribution in [3.05, 3.63) is 39.7 Å². The lowest BCUT2D eigenvalue weighted by atomic mass is 10.1. The first-order valence-electron chi connectivity index (χ1n) is 7.28. The lowest BCUT2D eigenvalue weighted by Crippen LogP contribution is -2.32. The van der Waals surface area contributed by atoms with Crippen LogP contribution >= 0.6 is 22.9 Å². The van der Waals surface area contributed by atoms with Gasteiger partial charge >= 0.3 is 0 Å². The lowest BCUT2D eigenvalue weighted by Gasteiger charge is -2.11. The zero-order valence-electron chi connectivity index (χ0n) is 12.8. The summed E-state index contributed by atoms with van der Waals surface area (Å²) < 4.78 is 5.83. The number of amides is 1. The van der Waals surface area contributed by atoms with E-state index < -0.39 is 0 Å². The van der Waals surface area contributed by atoms with E-state index in [9.17, 15) is 9.59 Å². The summed E-state index contributed by atoms with van der Waals surface area (Å²) in [5.74, 6) is 0.674. The van der Waals surface area contributed by atoms with E-state index in [1.165, 1.54) is 18.3 Å². The van der Waals surface area contributed by atoms with Crippen LogP contribution in [0.5, 0.6) is 5.75 Å².